The maximum absolute atomic E-state index is 14.5. The van der Waals surface area contributed by atoms with Crippen molar-refractivity contribution in [2.45, 2.75) is 24.7 Å². The van der Waals surface area contributed by atoms with Gasteiger partial charge in [-0.2, -0.15) is 5.01 Å². The van der Waals surface area contributed by atoms with Crippen LogP contribution in [0.15, 0.2) is 97.1 Å². The van der Waals surface area contributed by atoms with E-state index in [9.17, 15) is 14.7 Å². The van der Waals surface area contributed by atoms with Crippen molar-refractivity contribution in [1.29, 1.82) is 0 Å². The van der Waals surface area contributed by atoms with Gasteiger partial charge >= 0.3 is 0 Å². The van der Waals surface area contributed by atoms with Crippen molar-refractivity contribution in [3.05, 3.63) is 114 Å². The van der Waals surface area contributed by atoms with Gasteiger partial charge in [0.1, 0.15) is 11.5 Å². The van der Waals surface area contributed by atoms with E-state index in [4.69, 9.17) is 4.74 Å². The van der Waals surface area contributed by atoms with Gasteiger partial charge in [-0.3, -0.25) is 15.0 Å². The minimum atomic E-state index is -1.24. The number of carbonyl (C=O) groups is 2. The highest BCUT2D eigenvalue weighted by molar-refractivity contribution is 6.12. The predicted octanol–water partition coefficient (Wildman–Crippen LogP) is 5.26. The molecule has 3 aromatic rings. The van der Waals surface area contributed by atoms with E-state index < -0.39 is 17.3 Å². The first-order valence-electron chi connectivity index (χ1n) is 11.9. The molecule has 2 N–H and O–H groups in total. The molecule has 0 aromatic heterocycles. The molecule has 0 radical (unpaired) electrons. The number of methoxy groups -OCH3 is 1. The number of anilines is 1. The van der Waals surface area contributed by atoms with Gasteiger partial charge < -0.3 is 9.84 Å². The van der Waals surface area contributed by atoms with Crippen LogP contribution in [-0.2, 0) is 15.0 Å². The number of aromatic hydroxyl groups is 1. The lowest BCUT2D eigenvalue weighted by Crippen LogP contribution is -2.48. The third-order valence-electron chi connectivity index (χ3n) is 7.31. The van der Waals surface area contributed by atoms with Crippen LogP contribution in [0.2, 0.25) is 0 Å². The maximum Gasteiger partial charge on any atom is 0.260 e. The second-order valence-electron chi connectivity index (χ2n) is 9.25. The normalized spacial score (nSPS) is 23.2. The molecule has 3 aromatic carbocycles. The molecule has 36 heavy (non-hydrogen) atoms. The summed E-state index contributed by atoms with van der Waals surface area (Å²) in [6, 6.07) is 21.9. The second-order valence-corrected chi connectivity index (χ2v) is 9.25. The van der Waals surface area contributed by atoms with Gasteiger partial charge in [0.15, 0.2) is 0 Å². The Morgan fingerprint density at radius 1 is 1.08 bits per heavy atom. The number of benzene rings is 3. The lowest BCUT2D eigenvalue weighted by Gasteiger charge is -2.43. The molecule has 182 valence electrons. The lowest BCUT2D eigenvalue weighted by molar-refractivity contribution is -0.138. The molecular weight excluding hydrogens is 452 g/mol. The number of rotatable bonds is 6. The predicted molar refractivity (Wildman–Crippen MR) is 139 cm³/mol. The number of hydrazine groups is 1. The van der Waals surface area contributed by atoms with E-state index in [0.29, 0.717) is 23.4 Å². The molecule has 0 bridgehead atoms. The molecule has 1 saturated heterocycles. The zero-order valence-corrected chi connectivity index (χ0v) is 20.3. The summed E-state index contributed by atoms with van der Waals surface area (Å²) in [5.74, 6) is -1.33. The molecule has 5 rings (SSSR count). The smallest absolute Gasteiger partial charge is 0.260 e. The fraction of sp³-hybridized carbons (Fsp3) is 0.200. The SMILES string of the molecule is C=CC1=CCC2C(=O)N(Nc3ccc(C)cc3)C(=O)C2(c2ccccc2)C1c1ccc(O)cc1OC. The standard InChI is InChI=1S/C30H28N2O4/c1-4-20-12-17-25-28(34)32(31-22-13-10-19(2)11-14-22)29(35)30(25,21-8-6-5-7-9-21)27(20)24-16-15-23(33)18-26(24)36-3/h4-16,18,25,27,31,33H,1,17H2,2-3H3. The zero-order chi connectivity index (χ0) is 25.4. The number of phenols is 1. The highest BCUT2D eigenvalue weighted by atomic mass is 16.5. The number of phenolic OH excluding ortho intramolecular Hbond substituents is 1. The van der Waals surface area contributed by atoms with Gasteiger partial charge in [0, 0.05) is 17.5 Å². The Balaban J connectivity index is 1.74. The van der Waals surface area contributed by atoms with Crippen molar-refractivity contribution < 1.29 is 19.4 Å². The number of ether oxygens (including phenoxy) is 1. The summed E-state index contributed by atoms with van der Waals surface area (Å²) < 4.78 is 5.65. The molecule has 1 aliphatic heterocycles. The van der Waals surface area contributed by atoms with Gasteiger partial charge in [-0.05, 0) is 42.7 Å². The van der Waals surface area contributed by atoms with Crippen LogP contribution in [0, 0.1) is 12.8 Å². The van der Waals surface area contributed by atoms with Crippen molar-refractivity contribution in [2.75, 3.05) is 12.5 Å². The molecule has 2 amide bonds. The number of hydrogen-bond donors (Lipinski definition) is 2. The number of nitrogens with one attached hydrogen (secondary N) is 1. The molecule has 0 spiro atoms. The van der Waals surface area contributed by atoms with Gasteiger partial charge in [-0.15, -0.1) is 0 Å². The van der Waals surface area contributed by atoms with E-state index in [2.05, 4.69) is 12.0 Å². The summed E-state index contributed by atoms with van der Waals surface area (Å²) in [7, 11) is 1.53. The molecule has 3 atom stereocenters. The van der Waals surface area contributed by atoms with Crippen LogP contribution in [0.5, 0.6) is 11.5 Å². The van der Waals surface area contributed by atoms with E-state index in [1.165, 1.54) is 18.2 Å². The quantitative estimate of drug-likeness (QED) is 0.471. The Bertz CT molecular complexity index is 1360. The Morgan fingerprint density at radius 2 is 1.81 bits per heavy atom. The first kappa shape index (κ1) is 23.4. The van der Waals surface area contributed by atoms with E-state index >= 15 is 0 Å². The van der Waals surface area contributed by atoms with Crippen molar-refractivity contribution in [2.24, 2.45) is 5.92 Å². The molecule has 1 aliphatic carbocycles. The first-order valence-corrected chi connectivity index (χ1v) is 11.9. The number of aryl methyl sites for hydroxylation is 1. The number of amides is 2. The number of allylic oxidation sites excluding steroid dienone is 3. The Labute approximate surface area is 210 Å². The number of hydrogen-bond acceptors (Lipinski definition) is 5. The average Bonchev–Trinajstić information content (AvgIpc) is 3.12. The summed E-state index contributed by atoms with van der Waals surface area (Å²) in [5.41, 5.74) is 5.85. The summed E-state index contributed by atoms with van der Waals surface area (Å²) >= 11 is 0. The average molecular weight is 481 g/mol. The van der Waals surface area contributed by atoms with E-state index in [0.717, 1.165) is 16.7 Å². The van der Waals surface area contributed by atoms with E-state index in [1.807, 2.05) is 67.6 Å². The van der Waals surface area contributed by atoms with Crippen LogP contribution in [0.1, 0.15) is 29.0 Å². The molecule has 3 unspecified atom stereocenters. The summed E-state index contributed by atoms with van der Waals surface area (Å²) in [5, 5.41) is 11.3. The van der Waals surface area contributed by atoms with Gasteiger partial charge in [-0.25, -0.2) is 0 Å². The van der Waals surface area contributed by atoms with Crippen LogP contribution in [0.25, 0.3) is 0 Å². The molecule has 1 fully saturated rings. The highest BCUT2D eigenvalue weighted by Gasteiger charge is 2.66. The largest absolute Gasteiger partial charge is 0.508 e. The summed E-state index contributed by atoms with van der Waals surface area (Å²) in [6.45, 7) is 6.01. The minimum absolute atomic E-state index is 0.0531. The first-order chi connectivity index (χ1) is 17.4. The minimum Gasteiger partial charge on any atom is -0.508 e. The molecule has 6 heteroatoms. The maximum atomic E-state index is 14.5. The molecule has 0 saturated carbocycles. The monoisotopic (exact) mass is 480 g/mol. The van der Waals surface area contributed by atoms with Crippen LogP contribution >= 0.6 is 0 Å². The molecule has 6 nitrogen and oxygen atoms in total. The summed E-state index contributed by atoms with van der Waals surface area (Å²) in [4.78, 5) is 28.4. The van der Waals surface area contributed by atoms with Gasteiger partial charge in [0.2, 0.25) is 0 Å². The fourth-order valence-corrected chi connectivity index (χ4v) is 5.66. The van der Waals surface area contributed by atoms with Crippen LogP contribution in [0.3, 0.4) is 0 Å². The molecule has 1 heterocycles. The number of imide groups is 1. The van der Waals surface area contributed by atoms with Crippen molar-refractivity contribution in [1.82, 2.24) is 5.01 Å². The van der Waals surface area contributed by atoms with Crippen molar-refractivity contribution in [3.8, 4) is 11.5 Å². The van der Waals surface area contributed by atoms with Crippen LogP contribution in [-0.4, -0.2) is 29.0 Å². The highest BCUT2D eigenvalue weighted by Crippen LogP contribution is 2.58. The van der Waals surface area contributed by atoms with Gasteiger partial charge in [0.05, 0.1) is 24.1 Å². The third kappa shape index (κ3) is 3.49. The summed E-state index contributed by atoms with van der Waals surface area (Å²) in [6.07, 6.45) is 4.12. The van der Waals surface area contributed by atoms with Gasteiger partial charge in [0.25, 0.3) is 11.8 Å². The van der Waals surface area contributed by atoms with E-state index in [-0.39, 0.29) is 17.6 Å². The van der Waals surface area contributed by atoms with Gasteiger partial charge in [-0.1, -0.05) is 72.8 Å². The molecular formula is C30H28N2O4. The van der Waals surface area contributed by atoms with E-state index in [1.54, 1.807) is 18.2 Å². The number of fused-ring (bicyclic) bond motifs is 1. The zero-order valence-electron chi connectivity index (χ0n) is 20.3. The van der Waals surface area contributed by atoms with Crippen LogP contribution in [0.4, 0.5) is 5.69 Å². The topological polar surface area (TPSA) is 78.9 Å². The van der Waals surface area contributed by atoms with Crippen LogP contribution < -0.4 is 10.2 Å². The Morgan fingerprint density at radius 3 is 2.47 bits per heavy atom. The van der Waals surface area contributed by atoms with Crippen molar-refractivity contribution >= 4 is 17.5 Å². The number of nitrogens with zero attached hydrogens (tertiary/aromatic N) is 1. The Hall–Kier alpha value is -4.32. The van der Waals surface area contributed by atoms with Crippen molar-refractivity contribution in [3.63, 3.8) is 0 Å². The fourth-order valence-electron chi connectivity index (χ4n) is 5.66. The molecule has 2 aliphatic rings. The number of carbonyl (C=O) groups excluding carboxylic acids is 2. The lowest BCUT2D eigenvalue weighted by atomic mass is 9.56. The second kappa shape index (κ2) is 9.04. The Kier molecular flexibility index (Phi) is 5.88. The third-order valence-corrected chi connectivity index (χ3v) is 7.31.